The predicted molar refractivity (Wildman–Crippen MR) is 110 cm³/mol. The Morgan fingerprint density at radius 1 is 1.27 bits per heavy atom. The average Bonchev–Trinajstić information content (AvgIpc) is 3.02. The third kappa shape index (κ3) is 2.85. The van der Waals surface area contributed by atoms with Crippen molar-refractivity contribution in [3.05, 3.63) is 35.9 Å². The van der Waals surface area contributed by atoms with E-state index >= 15 is 0 Å². The molecule has 1 spiro atoms. The number of sulfone groups is 1. The summed E-state index contributed by atoms with van der Waals surface area (Å²) in [6.45, 7) is 3.57. The first kappa shape index (κ1) is 19.3. The smallest absolute Gasteiger partial charge is 0.215 e. The van der Waals surface area contributed by atoms with Gasteiger partial charge in [0.1, 0.15) is 38.3 Å². The number of nitrogens with one attached hydrogen (secondary N) is 1. The van der Waals surface area contributed by atoms with Crippen molar-refractivity contribution in [2.45, 2.75) is 41.6 Å². The van der Waals surface area contributed by atoms with E-state index in [2.05, 4.69) is 19.9 Å². The third-order valence-corrected chi connectivity index (χ3v) is 7.79. The van der Waals surface area contributed by atoms with Gasteiger partial charge in [-0.1, -0.05) is 12.1 Å². The lowest BCUT2D eigenvalue weighted by Crippen LogP contribution is -2.56. The van der Waals surface area contributed by atoms with Gasteiger partial charge in [0.15, 0.2) is 5.82 Å². The van der Waals surface area contributed by atoms with Crippen molar-refractivity contribution in [3.63, 3.8) is 0 Å². The molecule has 3 N–H and O–H groups in total. The summed E-state index contributed by atoms with van der Waals surface area (Å²) in [5, 5.41) is 0. The number of nitrogens with zero attached hydrogens (tertiary/aromatic N) is 3. The number of ether oxygens (including phenoxy) is 1. The number of aromatic nitrogens is 3. The molecule has 3 heterocycles. The van der Waals surface area contributed by atoms with E-state index < -0.39 is 20.5 Å². The van der Waals surface area contributed by atoms with Crippen molar-refractivity contribution in [1.29, 1.82) is 0 Å². The molecule has 10 heteroatoms. The molecule has 1 saturated heterocycles. The Morgan fingerprint density at radius 3 is 2.73 bits per heavy atom. The van der Waals surface area contributed by atoms with Gasteiger partial charge in [0.05, 0.1) is 12.2 Å². The minimum Gasteiger partial charge on any atom is -0.384 e. The molecular formula is C20H22FN5O3S. The number of anilines is 2. The summed E-state index contributed by atoms with van der Waals surface area (Å²) in [5.41, 5.74) is 6.54. The first-order chi connectivity index (χ1) is 14.3. The zero-order chi connectivity index (χ0) is 21.1. The molecule has 3 aromatic rings. The molecule has 1 aliphatic heterocycles. The first-order valence-corrected chi connectivity index (χ1v) is 11.3. The maximum atomic E-state index is 14.3. The van der Waals surface area contributed by atoms with E-state index in [4.69, 9.17) is 10.5 Å². The fourth-order valence-corrected chi connectivity index (χ4v) is 5.87. The highest BCUT2D eigenvalue weighted by molar-refractivity contribution is 7.92. The van der Waals surface area contributed by atoms with Crippen molar-refractivity contribution in [1.82, 2.24) is 15.0 Å². The van der Waals surface area contributed by atoms with Gasteiger partial charge in [-0.25, -0.2) is 22.8 Å². The normalized spacial score (nSPS) is 18.7. The largest absolute Gasteiger partial charge is 0.384 e. The summed E-state index contributed by atoms with van der Waals surface area (Å²) < 4.78 is 46.8. The Kier molecular flexibility index (Phi) is 4.26. The van der Waals surface area contributed by atoms with Gasteiger partial charge in [-0.2, -0.15) is 0 Å². The van der Waals surface area contributed by atoms with Crippen LogP contribution in [0.15, 0.2) is 34.1 Å². The van der Waals surface area contributed by atoms with E-state index in [-0.39, 0.29) is 21.8 Å². The molecule has 0 amide bonds. The van der Waals surface area contributed by atoms with E-state index in [0.29, 0.717) is 36.9 Å². The number of H-pyrrole nitrogens is 1. The zero-order valence-electron chi connectivity index (χ0n) is 16.5. The standard InChI is InChI=1S/C20H22FN5O3S/c1-12-23-15-16(19(24-12)26-9-10-29-20(11-26)7-4-8-20)25-18(22)17(15)30(27,28)14-6-3-2-5-13(14)21/h2-3,5-6,25H,4,7-11,22H2,1H3. The van der Waals surface area contributed by atoms with Crippen LogP contribution in [0.4, 0.5) is 16.0 Å². The van der Waals surface area contributed by atoms with Crippen LogP contribution >= 0.6 is 0 Å². The second-order valence-corrected chi connectivity index (χ2v) is 9.78. The number of nitrogens with two attached hydrogens (primary N) is 1. The molecule has 2 aromatic heterocycles. The van der Waals surface area contributed by atoms with Crippen LogP contribution in [0.5, 0.6) is 0 Å². The van der Waals surface area contributed by atoms with Crippen LogP contribution in [0.2, 0.25) is 0 Å². The van der Waals surface area contributed by atoms with E-state index in [1.807, 2.05) is 0 Å². The predicted octanol–water partition coefficient (Wildman–Crippen LogP) is 2.58. The minimum absolute atomic E-state index is 0.0824. The van der Waals surface area contributed by atoms with Gasteiger partial charge in [-0.15, -0.1) is 0 Å². The summed E-state index contributed by atoms with van der Waals surface area (Å²) in [7, 11) is -4.23. The van der Waals surface area contributed by atoms with E-state index in [1.54, 1.807) is 6.92 Å². The molecule has 5 rings (SSSR count). The summed E-state index contributed by atoms with van der Waals surface area (Å²) in [6, 6.07) is 5.24. The zero-order valence-corrected chi connectivity index (χ0v) is 17.3. The number of morpholine rings is 1. The number of hydrogen-bond acceptors (Lipinski definition) is 7. The Labute approximate surface area is 173 Å². The number of benzene rings is 1. The number of aryl methyl sites for hydroxylation is 1. The molecule has 0 radical (unpaired) electrons. The molecule has 0 unspecified atom stereocenters. The summed E-state index contributed by atoms with van der Waals surface area (Å²) >= 11 is 0. The van der Waals surface area contributed by atoms with Crippen LogP contribution in [-0.4, -0.2) is 48.7 Å². The highest BCUT2D eigenvalue weighted by Gasteiger charge is 2.43. The number of aromatic amines is 1. The lowest BCUT2D eigenvalue weighted by atomic mass is 9.79. The highest BCUT2D eigenvalue weighted by atomic mass is 32.2. The maximum Gasteiger partial charge on any atom is 0.215 e. The molecule has 2 fully saturated rings. The quantitative estimate of drug-likeness (QED) is 0.655. The van der Waals surface area contributed by atoms with Crippen LogP contribution in [-0.2, 0) is 14.6 Å². The topological polar surface area (TPSA) is 114 Å². The van der Waals surface area contributed by atoms with Crippen LogP contribution in [0.25, 0.3) is 11.0 Å². The first-order valence-electron chi connectivity index (χ1n) is 9.85. The molecule has 0 bridgehead atoms. The van der Waals surface area contributed by atoms with Gasteiger partial charge in [0.25, 0.3) is 0 Å². The van der Waals surface area contributed by atoms with Crippen molar-refractivity contribution < 1.29 is 17.5 Å². The number of hydrogen-bond donors (Lipinski definition) is 2. The maximum absolute atomic E-state index is 14.3. The highest BCUT2D eigenvalue weighted by Crippen LogP contribution is 2.41. The number of fused-ring (bicyclic) bond motifs is 1. The summed E-state index contributed by atoms with van der Waals surface area (Å²) in [6.07, 6.45) is 3.12. The lowest BCUT2D eigenvalue weighted by Gasteiger charge is -2.48. The third-order valence-electron chi connectivity index (χ3n) is 5.93. The number of nitrogen functional groups attached to an aromatic ring is 1. The van der Waals surface area contributed by atoms with Crippen molar-refractivity contribution >= 4 is 32.5 Å². The molecule has 30 heavy (non-hydrogen) atoms. The fourth-order valence-electron chi connectivity index (χ4n) is 4.33. The molecule has 0 atom stereocenters. The van der Waals surface area contributed by atoms with Gasteiger partial charge < -0.3 is 20.4 Å². The second-order valence-electron chi connectivity index (χ2n) is 7.93. The van der Waals surface area contributed by atoms with Crippen LogP contribution in [0, 0.1) is 12.7 Å². The Morgan fingerprint density at radius 2 is 2.03 bits per heavy atom. The monoisotopic (exact) mass is 431 g/mol. The van der Waals surface area contributed by atoms with Crippen molar-refractivity contribution in [3.8, 4) is 0 Å². The van der Waals surface area contributed by atoms with E-state index in [1.165, 1.54) is 18.2 Å². The number of halogens is 1. The van der Waals surface area contributed by atoms with Crippen molar-refractivity contribution in [2.24, 2.45) is 0 Å². The summed E-state index contributed by atoms with van der Waals surface area (Å²) in [4.78, 5) is 13.3. The fraction of sp³-hybridized carbons (Fsp3) is 0.400. The second kappa shape index (κ2) is 6.64. The van der Waals surface area contributed by atoms with Crippen LogP contribution in [0.1, 0.15) is 25.1 Å². The Bertz CT molecular complexity index is 1250. The van der Waals surface area contributed by atoms with Gasteiger partial charge in [-0.05, 0) is 38.3 Å². The molecule has 1 aliphatic carbocycles. The van der Waals surface area contributed by atoms with Gasteiger partial charge >= 0.3 is 0 Å². The van der Waals surface area contributed by atoms with Gasteiger partial charge in [-0.3, -0.25) is 0 Å². The Balaban J connectivity index is 1.68. The average molecular weight is 431 g/mol. The van der Waals surface area contributed by atoms with Crippen LogP contribution in [0.3, 0.4) is 0 Å². The Hall–Kier alpha value is -2.72. The summed E-state index contributed by atoms with van der Waals surface area (Å²) in [5.74, 6) is 0.0859. The molecule has 8 nitrogen and oxygen atoms in total. The molecule has 1 aromatic carbocycles. The molecular weight excluding hydrogens is 409 g/mol. The molecule has 2 aliphatic rings. The molecule has 158 valence electrons. The van der Waals surface area contributed by atoms with Crippen LogP contribution < -0.4 is 10.6 Å². The minimum atomic E-state index is -4.23. The van der Waals surface area contributed by atoms with Crippen molar-refractivity contribution in [2.75, 3.05) is 30.3 Å². The molecule has 1 saturated carbocycles. The van der Waals surface area contributed by atoms with E-state index in [0.717, 1.165) is 25.3 Å². The van der Waals surface area contributed by atoms with Gasteiger partial charge in [0, 0.05) is 13.1 Å². The van der Waals surface area contributed by atoms with E-state index in [9.17, 15) is 12.8 Å². The van der Waals surface area contributed by atoms with Gasteiger partial charge in [0.2, 0.25) is 9.84 Å². The lowest BCUT2D eigenvalue weighted by molar-refractivity contribution is -0.106. The SMILES string of the molecule is Cc1nc(N2CCOC3(CCC3)C2)c2[nH]c(N)c(S(=O)(=O)c3ccccc3F)c2n1. The number of rotatable bonds is 3.